The fourth-order valence-corrected chi connectivity index (χ4v) is 2.03. The van der Waals surface area contributed by atoms with Crippen LogP contribution in [0.2, 0.25) is 10.0 Å². The maximum absolute atomic E-state index is 5.98. The van der Waals surface area contributed by atoms with Crippen molar-refractivity contribution < 1.29 is 4.74 Å². The van der Waals surface area contributed by atoms with Crippen molar-refractivity contribution in [1.82, 2.24) is 20.3 Å². The van der Waals surface area contributed by atoms with Gasteiger partial charge in [-0.25, -0.2) is 4.68 Å². The van der Waals surface area contributed by atoms with Gasteiger partial charge in [0.05, 0.1) is 35.1 Å². The third kappa shape index (κ3) is 4.45. The van der Waals surface area contributed by atoms with Crippen LogP contribution in [0.1, 0.15) is 11.3 Å². The molecule has 0 saturated carbocycles. The average Bonchev–Trinajstić information content (AvgIpc) is 2.87. The Morgan fingerprint density at radius 1 is 1.30 bits per heavy atom. The van der Waals surface area contributed by atoms with Gasteiger partial charge in [-0.1, -0.05) is 34.5 Å². The van der Waals surface area contributed by atoms with Crippen LogP contribution in [0.3, 0.4) is 0 Å². The van der Waals surface area contributed by atoms with Gasteiger partial charge < -0.3 is 10.1 Å². The maximum Gasteiger partial charge on any atom is 0.0964 e. The Morgan fingerprint density at radius 2 is 2.15 bits per heavy atom. The molecule has 7 heteroatoms. The molecule has 1 heterocycles. The van der Waals surface area contributed by atoms with Crippen molar-refractivity contribution in [2.75, 3.05) is 20.3 Å². The van der Waals surface area contributed by atoms with E-state index < -0.39 is 0 Å². The number of aromatic nitrogens is 3. The fourth-order valence-electron chi connectivity index (χ4n) is 1.71. The van der Waals surface area contributed by atoms with Gasteiger partial charge in [0.1, 0.15) is 0 Å². The molecular formula is C13H16Cl2N4O. The lowest BCUT2D eigenvalue weighted by atomic mass is 10.2. The highest BCUT2D eigenvalue weighted by Gasteiger charge is 2.03. The molecule has 0 radical (unpaired) electrons. The van der Waals surface area contributed by atoms with Crippen LogP contribution in [0, 0.1) is 0 Å². The van der Waals surface area contributed by atoms with Gasteiger partial charge in [0.15, 0.2) is 0 Å². The van der Waals surface area contributed by atoms with Crippen molar-refractivity contribution >= 4 is 23.2 Å². The molecule has 5 nitrogen and oxygen atoms in total. The van der Waals surface area contributed by atoms with Crippen molar-refractivity contribution in [3.63, 3.8) is 0 Å². The van der Waals surface area contributed by atoms with Crippen LogP contribution >= 0.6 is 23.2 Å². The first-order valence-electron chi connectivity index (χ1n) is 6.21. The average molecular weight is 315 g/mol. The minimum absolute atomic E-state index is 0.547. The SMILES string of the molecule is COCCNCc1cn(Cc2ccc(Cl)c(Cl)c2)nn1. The number of benzene rings is 1. The second kappa shape index (κ2) is 7.59. The summed E-state index contributed by atoms with van der Waals surface area (Å²) < 4.78 is 6.73. The molecule has 0 fully saturated rings. The summed E-state index contributed by atoms with van der Waals surface area (Å²) in [6.07, 6.45) is 1.91. The molecule has 1 N–H and O–H groups in total. The van der Waals surface area contributed by atoms with Gasteiger partial charge in [-0.05, 0) is 17.7 Å². The number of halogens is 2. The van der Waals surface area contributed by atoms with Crippen molar-refractivity contribution in [3.8, 4) is 0 Å². The van der Waals surface area contributed by atoms with Crippen molar-refractivity contribution in [3.05, 3.63) is 45.7 Å². The van der Waals surface area contributed by atoms with Gasteiger partial charge in [-0.3, -0.25) is 0 Å². The summed E-state index contributed by atoms with van der Waals surface area (Å²) in [5, 5.41) is 12.5. The van der Waals surface area contributed by atoms with Crippen molar-refractivity contribution in [2.45, 2.75) is 13.1 Å². The lowest BCUT2D eigenvalue weighted by Crippen LogP contribution is -2.18. The highest BCUT2D eigenvalue weighted by Crippen LogP contribution is 2.22. The van der Waals surface area contributed by atoms with Gasteiger partial charge >= 0.3 is 0 Å². The summed E-state index contributed by atoms with van der Waals surface area (Å²) in [6, 6.07) is 5.54. The lowest BCUT2D eigenvalue weighted by Gasteiger charge is -2.03. The summed E-state index contributed by atoms with van der Waals surface area (Å²) in [5.41, 5.74) is 1.92. The van der Waals surface area contributed by atoms with E-state index in [2.05, 4.69) is 15.6 Å². The Labute approximate surface area is 127 Å². The van der Waals surface area contributed by atoms with Crippen LogP contribution in [-0.2, 0) is 17.8 Å². The predicted octanol–water partition coefficient (Wildman–Crippen LogP) is 2.37. The molecule has 1 aromatic heterocycles. The first-order valence-corrected chi connectivity index (χ1v) is 6.97. The van der Waals surface area contributed by atoms with E-state index in [-0.39, 0.29) is 0 Å². The highest BCUT2D eigenvalue weighted by atomic mass is 35.5. The third-order valence-electron chi connectivity index (χ3n) is 2.70. The number of nitrogens with zero attached hydrogens (tertiary/aromatic N) is 3. The molecule has 0 bridgehead atoms. The number of hydrogen-bond donors (Lipinski definition) is 1. The Morgan fingerprint density at radius 3 is 2.90 bits per heavy atom. The molecule has 0 aliphatic heterocycles. The molecule has 2 rings (SSSR count). The molecule has 0 aliphatic rings. The zero-order valence-electron chi connectivity index (χ0n) is 11.1. The molecule has 0 spiro atoms. The standard InChI is InChI=1S/C13H16Cl2N4O/c1-20-5-4-16-7-11-9-19(18-17-11)8-10-2-3-12(14)13(15)6-10/h2-3,6,9,16H,4-5,7-8H2,1H3. The summed E-state index contributed by atoms with van der Waals surface area (Å²) >= 11 is 11.9. The first kappa shape index (κ1) is 15.3. The number of ether oxygens (including phenoxy) is 1. The van der Waals surface area contributed by atoms with Crippen LogP contribution in [0.15, 0.2) is 24.4 Å². The quantitative estimate of drug-likeness (QED) is 0.797. The number of nitrogens with one attached hydrogen (secondary N) is 1. The number of rotatable bonds is 7. The second-order valence-electron chi connectivity index (χ2n) is 4.33. The van der Waals surface area contributed by atoms with Gasteiger partial charge in [-0.15, -0.1) is 5.10 Å². The molecule has 20 heavy (non-hydrogen) atoms. The second-order valence-corrected chi connectivity index (χ2v) is 5.14. The van der Waals surface area contributed by atoms with E-state index in [1.54, 1.807) is 17.9 Å². The summed E-state index contributed by atoms with van der Waals surface area (Å²) in [5.74, 6) is 0. The fraction of sp³-hybridized carbons (Fsp3) is 0.385. The molecule has 2 aromatic rings. The van der Waals surface area contributed by atoms with Gasteiger partial charge in [0.2, 0.25) is 0 Å². The van der Waals surface area contributed by atoms with E-state index in [1.165, 1.54) is 0 Å². The minimum Gasteiger partial charge on any atom is -0.383 e. The van der Waals surface area contributed by atoms with Gasteiger partial charge in [0.25, 0.3) is 0 Å². The van der Waals surface area contributed by atoms with E-state index in [9.17, 15) is 0 Å². The topological polar surface area (TPSA) is 52.0 Å². The zero-order valence-corrected chi connectivity index (χ0v) is 12.7. The Balaban J connectivity index is 1.90. The van der Waals surface area contributed by atoms with E-state index in [1.807, 2.05) is 18.3 Å². The number of methoxy groups -OCH3 is 1. The zero-order chi connectivity index (χ0) is 14.4. The normalized spacial score (nSPS) is 10.9. The van der Waals surface area contributed by atoms with Gasteiger partial charge in [0, 0.05) is 20.2 Å². The molecule has 0 aliphatic carbocycles. The summed E-state index contributed by atoms with van der Waals surface area (Å²) in [7, 11) is 1.68. The summed E-state index contributed by atoms with van der Waals surface area (Å²) in [4.78, 5) is 0. The Bertz CT molecular complexity index is 559. The molecule has 0 saturated heterocycles. The largest absolute Gasteiger partial charge is 0.383 e. The van der Waals surface area contributed by atoms with Crippen LogP contribution in [0.4, 0.5) is 0 Å². The van der Waals surface area contributed by atoms with Crippen LogP contribution < -0.4 is 5.32 Å². The monoisotopic (exact) mass is 314 g/mol. The Kier molecular flexibility index (Phi) is 5.79. The Hall–Kier alpha value is -1.14. The number of hydrogen-bond acceptors (Lipinski definition) is 4. The highest BCUT2D eigenvalue weighted by molar-refractivity contribution is 6.42. The maximum atomic E-state index is 5.98. The van der Waals surface area contributed by atoms with E-state index >= 15 is 0 Å². The van der Waals surface area contributed by atoms with Crippen LogP contribution in [-0.4, -0.2) is 35.3 Å². The van der Waals surface area contributed by atoms with Gasteiger partial charge in [-0.2, -0.15) is 0 Å². The lowest BCUT2D eigenvalue weighted by molar-refractivity contribution is 0.199. The molecule has 0 amide bonds. The van der Waals surface area contributed by atoms with Crippen molar-refractivity contribution in [1.29, 1.82) is 0 Å². The minimum atomic E-state index is 0.547. The molecule has 108 valence electrons. The molecule has 0 atom stereocenters. The summed E-state index contributed by atoms with van der Waals surface area (Å²) in [6.45, 7) is 2.75. The smallest absolute Gasteiger partial charge is 0.0964 e. The molecular weight excluding hydrogens is 299 g/mol. The van der Waals surface area contributed by atoms with Crippen LogP contribution in [0.5, 0.6) is 0 Å². The third-order valence-corrected chi connectivity index (χ3v) is 3.44. The molecule has 0 unspecified atom stereocenters. The first-order chi connectivity index (χ1) is 9.69. The van der Waals surface area contributed by atoms with E-state index in [0.29, 0.717) is 29.7 Å². The van der Waals surface area contributed by atoms with E-state index in [4.69, 9.17) is 27.9 Å². The molecule has 1 aromatic carbocycles. The van der Waals surface area contributed by atoms with Crippen LogP contribution in [0.25, 0.3) is 0 Å². The van der Waals surface area contributed by atoms with E-state index in [0.717, 1.165) is 17.8 Å². The van der Waals surface area contributed by atoms with Crippen molar-refractivity contribution in [2.24, 2.45) is 0 Å². The predicted molar refractivity (Wildman–Crippen MR) is 79.2 cm³/mol.